The molecule has 6 heteroatoms. The highest BCUT2D eigenvalue weighted by Crippen LogP contribution is 2.38. The number of carbonyl (C=O) groups is 1. The Morgan fingerprint density at radius 3 is 2.23 bits per heavy atom. The minimum Gasteiger partial charge on any atom is -0.469 e. The van der Waals surface area contributed by atoms with Crippen molar-refractivity contribution in [1.29, 1.82) is 0 Å². The predicted octanol–water partition coefficient (Wildman–Crippen LogP) is 3.48. The normalized spacial score (nSPS) is 25.3. The van der Waals surface area contributed by atoms with Crippen LogP contribution in [0.15, 0.2) is 0 Å². The Balaban J connectivity index is 2.63. The van der Waals surface area contributed by atoms with Crippen molar-refractivity contribution in [2.45, 2.75) is 83.6 Å². The Morgan fingerprint density at radius 2 is 1.73 bits per heavy atom. The summed E-state index contributed by atoms with van der Waals surface area (Å²) < 4.78 is 22.8. The van der Waals surface area contributed by atoms with Crippen LogP contribution in [0.2, 0.25) is 18.1 Å². The maximum Gasteiger partial charge on any atom is 0.305 e. The molecule has 1 aliphatic rings. The smallest absolute Gasteiger partial charge is 0.305 e. The van der Waals surface area contributed by atoms with Gasteiger partial charge in [-0.3, -0.25) is 4.79 Å². The average molecular weight is 333 g/mol. The first-order valence-corrected chi connectivity index (χ1v) is 10.9. The zero-order valence-corrected chi connectivity index (χ0v) is 16.3. The second-order valence-corrected chi connectivity index (χ2v) is 12.7. The molecule has 0 saturated carbocycles. The van der Waals surface area contributed by atoms with Gasteiger partial charge in [0.1, 0.15) is 6.10 Å². The van der Waals surface area contributed by atoms with Crippen molar-refractivity contribution in [3.63, 3.8) is 0 Å². The molecule has 1 aliphatic heterocycles. The molecule has 1 heterocycles. The largest absolute Gasteiger partial charge is 0.469 e. The monoisotopic (exact) mass is 332 g/mol. The summed E-state index contributed by atoms with van der Waals surface area (Å²) in [6.07, 6.45) is 0.631. The number of hydrogen-bond donors (Lipinski definition) is 0. The van der Waals surface area contributed by atoms with Crippen molar-refractivity contribution >= 4 is 14.3 Å². The van der Waals surface area contributed by atoms with Crippen LogP contribution in [-0.4, -0.2) is 46.0 Å². The second kappa shape index (κ2) is 6.99. The summed E-state index contributed by atoms with van der Waals surface area (Å²) in [6.45, 7) is 15.4. The summed E-state index contributed by atoms with van der Waals surface area (Å²) in [4.78, 5) is 11.3. The summed E-state index contributed by atoms with van der Waals surface area (Å²) in [6, 6.07) is 0. The molecule has 130 valence electrons. The van der Waals surface area contributed by atoms with Gasteiger partial charge < -0.3 is 18.6 Å². The van der Waals surface area contributed by atoms with E-state index >= 15 is 0 Å². The van der Waals surface area contributed by atoms with Gasteiger partial charge in [0.05, 0.1) is 19.8 Å². The number of ether oxygens (including phenoxy) is 3. The van der Waals surface area contributed by atoms with Gasteiger partial charge in [0.25, 0.3) is 0 Å². The summed E-state index contributed by atoms with van der Waals surface area (Å²) in [5.74, 6) is -0.861. The lowest BCUT2D eigenvalue weighted by atomic mass is 10.1. The highest BCUT2D eigenvalue weighted by atomic mass is 28.4. The van der Waals surface area contributed by atoms with E-state index in [1.165, 1.54) is 7.11 Å². The number of hydrogen-bond acceptors (Lipinski definition) is 5. The van der Waals surface area contributed by atoms with E-state index in [0.717, 1.165) is 0 Å². The Kier molecular flexibility index (Phi) is 6.23. The summed E-state index contributed by atoms with van der Waals surface area (Å²) >= 11 is 0. The minimum absolute atomic E-state index is 0.140. The lowest BCUT2D eigenvalue weighted by Crippen LogP contribution is -2.44. The lowest BCUT2D eigenvalue weighted by molar-refractivity contribution is -0.151. The number of methoxy groups -OCH3 is 1. The van der Waals surface area contributed by atoms with Crippen LogP contribution in [0.5, 0.6) is 0 Å². The number of carbonyl (C=O) groups excluding carboxylic acids is 1. The second-order valence-electron chi connectivity index (χ2n) is 7.90. The fourth-order valence-corrected chi connectivity index (χ4v) is 3.18. The van der Waals surface area contributed by atoms with Crippen molar-refractivity contribution in [2.24, 2.45) is 0 Å². The summed E-state index contributed by atoms with van der Waals surface area (Å²) in [5.41, 5.74) is 0. The molecule has 0 amide bonds. The van der Waals surface area contributed by atoms with Crippen LogP contribution < -0.4 is 0 Å². The van der Waals surface area contributed by atoms with Crippen LogP contribution >= 0.6 is 0 Å². The van der Waals surface area contributed by atoms with Gasteiger partial charge in [-0.2, -0.15) is 0 Å². The van der Waals surface area contributed by atoms with Crippen molar-refractivity contribution in [3.05, 3.63) is 0 Å². The molecule has 22 heavy (non-hydrogen) atoms. The van der Waals surface area contributed by atoms with E-state index in [9.17, 15) is 4.79 Å². The SMILES string of the molecule is COC(=O)CC[C@H]1OC(C)(C)O[C@H]1CO[Si](C)(C)C(C)(C)C. The van der Waals surface area contributed by atoms with Gasteiger partial charge in [0, 0.05) is 6.42 Å². The molecule has 0 N–H and O–H groups in total. The first-order chi connectivity index (χ1) is 9.88. The molecule has 0 spiro atoms. The Morgan fingerprint density at radius 1 is 1.18 bits per heavy atom. The molecule has 5 nitrogen and oxygen atoms in total. The van der Waals surface area contributed by atoms with Crippen LogP contribution in [0.1, 0.15) is 47.5 Å². The van der Waals surface area contributed by atoms with Gasteiger partial charge in [-0.05, 0) is 38.4 Å². The Labute approximate surface area is 135 Å². The Bertz CT molecular complexity index is 386. The molecule has 0 radical (unpaired) electrons. The fraction of sp³-hybridized carbons (Fsp3) is 0.938. The van der Waals surface area contributed by atoms with Gasteiger partial charge in [0.2, 0.25) is 0 Å². The highest BCUT2D eigenvalue weighted by Gasteiger charge is 2.44. The third-order valence-electron chi connectivity index (χ3n) is 4.56. The van der Waals surface area contributed by atoms with E-state index in [1.807, 2.05) is 13.8 Å². The third kappa shape index (κ3) is 5.33. The van der Waals surface area contributed by atoms with Gasteiger partial charge >= 0.3 is 5.97 Å². The molecule has 0 aromatic carbocycles. The van der Waals surface area contributed by atoms with Gasteiger partial charge in [-0.15, -0.1) is 0 Å². The molecule has 1 fully saturated rings. The summed E-state index contributed by atoms with van der Waals surface area (Å²) in [5, 5.41) is 0.156. The van der Waals surface area contributed by atoms with Crippen LogP contribution in [0.25, 0.3) is 0 Å². The molecular weight excluding hydrogens is 300 g/mol. The molecule has 1 rings (SSSR count). The predicted molar refractivity (Wildman–Crippen MR) is 88.2 cm³/mol. The molecule has 0 aromatic rings. The average Bonchev–Trinajstić information content (AvgIpc) is 2.67. The van der Waals surface area contributed by atoms with Crippen LogP contribution in [0.3, 0.4) is 0 Å². The maximum absolute atomic E-state index is 11.3. The van der Waals surface area contributed by atoms with Crippen molar-refractivity contribution < 1.29 is 23.4 Å². The van der Waals surface area contributed by atoms with Crippen LogP contribution in [0, 0.1) is 0 Å². The van der Waals surface area contributed by atoms with E-state index < -0.39 is 14.1 Å². The van der Waals surface area contributed by atoms with Crippen molar-refractivity contribution in [3.8, 4) is 0 Å². The van der Waals surface area contributed by atoms with E-state index in [2.05, 4.69) is 33.9 Å². The molecule has 0 aliphatic carbocycles. The van der Waals surface area contributed by atoms with E-state index in [-0.39, 0.29) is 23.2 Å². The molecule has 0 unspecified atom stereocenters. The standard InChI is InChI=1S/C16H32O5Si/c1-15(2,3)22(7,8)19-11-13-12(9-10-14(17)18-6)20-16(4,5)21-13/h12-13H,9-11H2,1-8H3/t12-,13+/m1/s1. The molecular formula is C16H32O5Si. The third-order valence-corrected chi connectivity index (χ3v) is 9.06. The van der Waals surface area contributed by atoms with E-state index in [1.54, 1.807) is 0 Å². The van der Waals surface area contributed by atoms with Gasteiger partial charge in [-0.25, -0.2) is 0 Å². The fourth-order valence-electron chi connectivity index (χ4n) is 2.16. The van der Waals surface area contributed by atoms with Gasteiger partial charge in [-0.1, -0.05) is 20.8 Å². The topological polar surface area (TPSA) is 54.0 Å². The molecule has 1 saturated heterocycles. The number of rotatable bonds is 6. The lowest BCUT2D eigenvalue weighted by Gasteiger charge is -2.37. The van der Waals surface area contributed by atoms with E-state index in [0.29, 0.717) is 19.4 Å². The van der Waals surface area contributed by atoms with Crippen LogP contribution in [0.4, 0.5) is 0 Å². The maximum atomic E-state index is 11.3. The highest BCUT2D eigenvalue weighted by molar-refractivity contribution is 6.74. The first kappa shape index (κ1) is 19.6. The van der Waals surface area contributed by atoms with Gasteiger partial charge in [0.15, 0.2) is 14.1 Å². The van der Waals surface area contributed by atoms with E-state index in [4.69, 9.17) is 18.6 Å². The summed E-state index contributed by atoms with van der Waals surface area (Å²) in [7, 11) is -0.428. The van der Waals surface area contributed by atoms with Crippen LogP contribution in [-0.2, 0) is 23.4 Å². The molecule has 0 aromatic heterocycles. The van der Waals surface area contributed by atoms with Crippen molar-refractivity contribution in [1.82, 2.24) is 0 Å². The quantitative estimate of drug-likeness (QED) is 0.550. The zero-order valence-electron chi connectivity index (χ0n) is 15.3. The zero-order chi connectivity index (χ0) is 17.2. The first-order valence-electron chi connectivity index (χ1n) is 7.94. The van der Waals surface area contributed by atoms with Crippen molar-refractivity contribution in [2.75, 3.05) is 13.7 Å². The molecule has 2 atom stereocenters. The Hall–Kier alpha value is -0.433. The minimum atomic E-state index is -1.83. The molecule has 0 bridgehead atoms. The number of esters is 1.